The lowest BCUT2D eigenvalue weighted by atomic mass is 10.0. The highest BCUT2D eigenvalue weighted by molar-refractivity contribution is 7.07. The Kier molecular flexibility index (Phi) is 4.75. The van der Waals surface area contributed by atoms with Crippen LogP contribution >= 0.6 is 22.9 Å². The van der Waals surface area contributed by atoms with Crippen molar-refractivity contribution in [2.45, 2.75) is 18.9 Å². The van der Waals surface area contributed by atoms with Gasteiger partial charge < -0.3 is 5.32 Å². The molecule has 0 amide bonds. The number of benzene rings is 1. The quantitative estimate of drug-likeness (QED) is 0.877. The zero-order valence-electron chi connectivity index (χ0n) is 10.1. The molecule has 0 saturated heterocycles. The van der Waals surface area contributed by atoms with E-state index >= 15 is 0 Å². The van der Waals surface area contributed by atoms with Gasteiger partial charge in [-0.2, -0.15) is 11.3 Å². The lowest BCUT2D eigenvalue weighted by Crippen LogP contribution is -2.30. The highest BCUT2D eigenvalue weighted by atomic mass is 35.5. The largest absolute Gasteiger partial charge is 0.316 e. The van der Waals surface area contributed by atoms with Crippen LogP contribution in [-0.2, 0) is 12.8 Å². The van der Waals surface area contributed by atoms with Crippen LogP contribution in [0.4, 0.5) is 4.39 Å². The van der Waals surface area contributed by atoms with Gasteiger partial charge in [0, 0.05) is 11.1 Å². The molecule has 1 unspecified atom stereocenters. The van der Waals surface area contributed by atoms with Crippen LogP contribution in [0.25, 0.3) is 0 Å². The average molecular weight is 284 g/mol. The zero-order valence-corrected chi connectivity index (χ0v) is 11.7. The van der Waals surface area contributed by atoms with Gasteiger partial charge in [0.25, 0.3) is 0 Å². The fraction of sp³-hybridized carbons (Fsp3) is 0.286. The summed E-state index contributed by atoms with van der Waals surface area (Å²) in [6, 6.07) is 7.20. The van der Waals surface area contributed by atoms with E-state index in [4.69, 9.17) is 11.6 Å². The van der Waals surface area contributed by atoms with E-state index in [9.17, 15) is 4.39 Å². The summed E-state index contributed by atoms with van der Waals surface area (Å²) in [6.45, 7) is 0. The third-order valence-corrected chi connectivity index (χ3v) is 3.92. The maximum Gasteiger partial charge on any atom is 0.127 e. The van der Waals surface area contributed by atoms with E-state index in [1.165, 1.54) is 11.6 Å². The highest BCUT2D eigenvalue weighted by Gasteiger charge is 2.12. The minimum absolute atomic E-state index is 0.229. The van der Waals surface area contributed by atoms with E-state index in [1.54, 1.807) is 23.5 Å². The molecule has 18 heavy (non-hydrogen) atoms. The van der Waals surface area contributed by atoms with Crippen LogP contribution in [-0.4, -0.2) is 13.1 Å². The fourth-order valence-electron chi connectivity index (χ4n) is 1.92. The molecule has 1 heterocycles. The van der Waals surface area contributed by atoms with Crippen LogP contribution in [0.1, 0.15) is 11.1 Å². The molecule has 1 nitrogen and oxygen atoms in total. The van der Waals surface area contributed by atoms with Crippen molar-refractivity contribution in [1.29, 1.82) is 0 Å². The van der Waals surface area contributed by atoms with Gasteiger partial charge in [0.05, 0.1) is 0 Å². The van der Waals surface area contributed by atoms with Gasteiger partial charge in [-0.05, 0) is 60.0 Å². The van der Waals surface area contributed by atoms with E-state index < -0.39 is 0 Å². The van der Waals surface area contributed by atoms with Gasteiger partial charge in [-0.3, -0.25) is 0 Å². The summed E-state index contributed by atoms with van der Waals surface area (Å²) in [5.41, 5.74) is 1.99. The molecule has 0 aliphatic carbocycles. The molecule has 0 fully saturated rings. The van der Waals surface area contributed by atoms with Crippen LogP contribution in [0.5, 0.6) is 0 Å². The molecule has 2 aromatic rings. The Morgan fingerprint density at radius 1 is 1.33 bits per heavy atom. The second-order valence-electron chi connectivity index (χ2n) is 4.26. The summed E-state index contributed by atoms with van der Waals surface area (Å²) in [4.78, 5) is 0. The molecule has 0 bridgehead atoms. The van der Waals surface area contributed by atoms with Crippen molar-refractivity contribution >= 4 is 22.9 Å². The standard InChI is InChI=1S/C14H15ClFNS/c1-17-13(6-10-4-5-18-9-10)7-11-2-3-12(15)8-14(11)16/h2-5,8-9,13,17H,6-7H2,1H3. The summed E-state index contributed by atoms with van der Waals surface area (Å²) in [5.74, 6) is -0.229. The van der Waals surface area contributed by atoms with Gasteiger partial charge in [-0.1, -0.05) is 17.7 Å². The van der Waals surface area contributed by atoms with Crippen LogP contribution in [0.3, 0.4) is 0 Å². The first-order valence-corrected chi connectivity index (χ1v) is 7.13. The monoisotopic (exact) mass is 283 g/mol. The van der Waals surface area contributed by atoms with Gasteiger partial charge in [0.2, 0.25) is 0 Å². The van der Waals surface area contributed by atoms with Gasteiger partial charge in [-0.15, -0.1) is 0 Å². The lowest BCUT2D eigenvalue weighted by molar-refractivity contribution is 0.533. The fourth-order valence-corrected chi connectivity index (χ4v) is 2.76. The van der Waals surface area contributed by atoms with Crippen molar-refractivity contribution < 1.29 is 4.39 Å². The molecule has 4 heteroatoms. The van der Waals surface area contributed by atoms with Crippen LogP contribution in [0.2, 0.25) is 5.02 Å². The maximum absolute atomic E-state index is 13.7. The smallest absolute Gasteiger partial charge is 0.127 e. The predicted octanol–water partition coefficient (Wildman–Crippen LogP) is 3.91. The summed E-state index contributed by atoms with van der Waals surface area (Å²) >= 11 is 7.43. The zero-order chi connectivity index (χ0) is 13.0. The van der Waals surface area contributed by atoms with Crippen LogP contribution in [0.15, 0.2) is 35.0 Å². The van der Waals surface area contributed by atoms with Gasteiger partial charge in [0.15, 0.2) is 0 Å². The van der Waals surface area contributed by atoms with Crippen molar-refractivity contribution in [1.82, 2.24) is 5.32 Å². The molecule has 1 aromatic heterocycles. The SMILES string of the molecule is CNC(Cc1ccsc1)Cc1ccc(Cl)cc1F. The van der Waals surface area contributed by atoms with E-state index in [2.05, 4.69) is 22.1 Å². The van der Waals surface area contributed by atoms with Gasteiger partial charge in [0.1, 0.15) is 5.82 Å². The van der Waals surface area contributed by atoms with Crippen LogP contribution < -0.4 is 5.32 Å². The molecule has 0 aliphatic heterocycles. The molecule has 0 aliphatic rings. The van der Waals surface area contributed by atoms with Crippen molar-refractivity contribution in [3.8, 4) is 0 Å². The molecule has 0 spiro atoms. The van der Waals surface area contributed by atoms with Crippen LogP contribution in [0, 0.1) is 5.82 Å². The Balaban J connectivity index is 2.05. The number of hydrogen-bond donors (Lipinski definition) is 1. The van der Waals surface area contributed by atoms with Crippen molar-refractivity contribution in [3.63, 3.8) is 0 Å². The number of rotatable bonds is 5. The average Bonchev–Trinajstić information content (AvgIpc) is 2.84. The Morgan fingerprint density at radius 3 is 2.78 bits per heavy atom. The highest BCUT2D eigenvalue weighted by Crippen LogP contribution is 2.17. The number of nitrogens with one attached hydrogen (secondary N) is 1. The van der Waals surface area contributed by atoms with E-state index in [1.807, 2.05) is 7.05 Å². The lowest BCUT2D eigenvalue weighted by Gasteiger charge is -2.16. The Labute approximate surface area is 116 Å². The van der Waals surface area contributed by atoms with Gasteiger partial charge in [-0.25, -0.2) is 4.39 Å². The molecule has 1 atom stereocenters. The van der Waals surface area contributed by atoms with Crippen molar-refractivity contribution in [2.75, 3.05) is 7.05 Å². The normalized spacial score (nSPS) is 12.6. The first kappa shape index (κ1) is 13.5. The maximum atomic E-state index is 13.7. The van der Waals surface area contributed by atoms with E-state index in [0.717, 1.165) is 6.42 Å². The number of thiophene rings is 1. The molecule has 1 N–H and O–H groups in total. The minimum atomic E-state index is -0.229. The Bertz CT molecular complexity index is 499. The third-order valence-electron chi connectivity index (χ3n) is 2.95. The first-order chi connectivity index (χ1) is 8.69. The number of likely N-dealkylation sites (N-methyl/N-ethyl adjacent to an activating group) is 1. The molecular formula is C14H15ClFNS. The topological polar surface area (TPSA) is 12.0 Å². The Morgan fingerprint density at radius 2 is 2.17 bits per heavy atom. The van der Waals surface area contributed by atoms with E-state index in [0.29, 0.717) is 17.0 Å². The Hall–Kier alpha value is -0.900. The molecule has 0 radical (unpaired) electrons. The summed E-state index contributed by atoms with van der Waals surface area (Å²) in [5, 5.41) is 7.86. The number of halogens is 2. The second kappa shape index (κ2) is 6.32. The van der Waals surface area contributed by atoms with Crippen molar-refractivity contribution in [2.24, 2.45) is 0 Å². The second-order valence-corrected chi connectivity index (χ2v) is 5.48. The molecule has 96 valence electrons. The van der Waals surface area contributed by atoms with Gasteiger partial charge >= 0.3 is 0 Å². The number of hydrogen-bond acceptors (Lipinski definition) is 2. The first-order valence-electron chi connectivity index (χ1n) is 5.81. The summed E-state index contributed by atoms with van der Waals surface area (Å²) in [7, 11) is 1.91. The minimum Gasteiger partial charge on any atom is -0.316 e. The molecular weight excluding hydrogens is 269 g/mol. The third kappa shape index (κ3) is 3.55. The summed E-state index contributed by atoms with van der Waals surface area (Å²) in [6.07, 6.45) is 1.57. The van der Waals surface area contributed by atoms with Crippen molar-refractivity contribution in [3.05, 3.63) is 57.0 Å². The predicted molar refractivity (Wildman–Crippen MR) is 76.0 cm³/mol. The molecule has 2 rings (SSSR count). The summed E-state index contributed by atoms with van der Waals surface area (Å²) < 4.78 is 13.7. The molecule has 0 saturated carbocycles. The molecule has 1 aromatic carbocycles. The van der Waals surface area contributed by atoms with E-state index in [-0.39, 0.29) is 11.9 Å².